The van der Waals surface area contributed by atoms with Gasteiger partial charge in [0.15, 0.2) is 0 Å². The third kappa shape index (κ3) is 3.20. The molecule has 0 aliphatic rings. The van der Waals surface area contributed by atoms with E-state index in [9.17, 15) is 9.18 Å². The van der Waals surface area contributed by atoms with Gasteiger partial charge in [-0.2, -0.15) is 5.10 Å². The maximum absolute atomic E-state index is 13.2. The van der Waals surface area contributed by atoms with Crippen LogP contribution in [0.15, 0.2) is 66.9 Å². The van der Waals surface area contributed by atoms with Gasteiger partial charge in [-0.25, -0.2) is 9.07 Å². The fraction of sp³-hybridized carbons (Fsp3) is 0.0588. The molecule has 1 heterocycles. The van der Waals surface area contributed by atoms with Crippen LogP contribution >= 0.6 is 0 Å². The molecule has 3 aromatic rings. The molecule has 3 rings (SSSR count). The number of hydrogen-bond donors (Lipinski definition) is 1. The van der Waals surface area contributed by atoms with Gasteiger partial charge in [0.05, 0.1) is 12.7 Å². The van der Waals surface area contributed by atoms with Crippen molar-refractivity contribution in [1.82, 2.24) is 9.78 Å². The molecule has 0 aliphatic heterocycles. The number of halogens is 1. The van der Waals surface area contributed by atoms with Crippen LogP contribution in [0.1, 0.15) is 15.9 Å². The molecule has 22 heavy (non-hydrogen) atoms. The van der Waals surface area contributed by atoms with Gasteiger partial charge >= 0.3 is 0 Å². The maximum atomic E-state index is 13.2. The van der Waals surface area contributed by atoms with Crippen molar-refractivity contribution in [3.63, 3.8) is 0 Å². The Morgan fingerprint density at radius 3 is 2.68 bits per heavy atom. The highest BCUT2D eigenvalue weighted by molar-refractivity contribution is 6.03. The maximum Gasteiger partial charge on any atom is 0.256 e. The molecule has 0 saturated carbocycles. The lowest BCUT2D eigenvalue weighted by Gasteiger charge is -2.09. The predicted molar refractivity (Wildman–Crippen MR) is 82.1 cm³/mol. The van der Waals surface area contributed by atoms with Crippen LogP contribution in [0.3, 0.4) is 0 Å². The van der Waals surface area contributed by atoms with Crippen LogP contribution in [0.4, 0.5) is 10.2 Å². The number of nitrogens with one attached hydrogen (secondary N) is 1. The van der Waals surface area contributed by atoms with Gasteiger partial charge in [-0.05, 0) is 23.8 Å². The average Bonchev–Trinajstić information content (AvgIpc) is 2.95. The second kappa shape index (κ2) is 6.22. The van der Waals surface area contributed by atoms with Gasteiger partial charge in [-0.1, -0.05) is 36.4 Å². The Morgan fingerprint density at radius 1 is 1.09 bits per heavy atom. The molecule has 110 valence electrons. The fourth-order valence-electron chi connectivity index (χ4n) is 2.14. The minimum Gasteiger partial charge on any atom is -0.307 e. The van der Waals surface area contributed by atoms with Crippen LogP contribution in [-0.4, -0.2) is 15.7 Å². The number of carbonyl (C=O) groups excluding carboxylic acids is 1. The first kappa shape index (κ1) is 14.0. The van der Waals surface area contributed by atoms with E-state index in [0.29, 0.717) is 12.4 Å². The summed E-state index contributed by atoms with van der Waals surface area (Å²) in [5.41, 5.74) is 1.35. The van der Waals surface area contributed by atoms with Crippen molar-refractivity contribution < 1.29 is 9.18 Å². The first-order chi connectivity index (χ1) is 10.7. The molecule has 0 fully saturated rings. The molecule has 0 atom stereocenters. The summed E-state index contributed by atoms with van der Waals surface area (Å²) in [4.78, 5) is 12.2. The quantitative estimate of drug-likeness (QED) is 0.802. The molecule has 1 amide bonds. The van der Waals surface area contributed by atoms with E-state index in [1.807, 2.05) is 30.3 Å². The summed E-state index contributed by atoms with van der Waals surface area (Å²) in [5, 5.41) is 6.95. The van der Waals surface area contributed by atoms with Crippen molar-refractivity contribution in [2.75, 3.05) is 5.32 Å². The lowest BCUT2D eigenvalue weighted by atomic mass is 10.2. The Morgan fingerprint density at radius 2 is 1.91 bits per heavy atom. The minimum atomic E-state index is -0.439. The fourth-order valence-corrected chi connectivity index (χ4v) is 2.14. The zero-order valence-corrected chi connectivity index (χ0v) is 11.7. The van der Waals surface area contributed by atoms with E-state index in [1.165, 1.54) is 18.2 Å². The lowest BCUT2D eigenvalue weighted by molar-refractivity contribution is 0.102. The molecule has 0 saturated heterocycles. The van der Waals surface area contributed by atoms with Crippen molar-refractivity contribution in [3.05, 3.63) is 83.8 Å². The minimum absolute atomic E-state index is 0.271. The highest BCUT2D eigenvalue weighted by Gasteiger charge is 2.10. The van der Waals surface area contributed by atoms with Gasteiger partial charge in [0.2, 0.25) is 0 Å². The van der Waals surface area contributed by atoms with Gasteiger partial charge < -0.3 is 5.32 Å². The molecule has 1 N–H and O–H groups in total. The third-order valence-corrected chi connectivity index (χ3v) is 3.22. The molecular formula is C17H14FN3O. The summed E-state index contributed by atoms with van der Waals surface area (Å²) in [6, 6.07) is 17.1. The second-order valence-corrected chi connectivity index (χ2v) is 4.82. The van der Waals surface area contributed by atoms with Crippen LogP contribution in [0.2, 0.25) is 0 Å². The molecule has 4 nitrogen and oxygen atoms in total. The van der Waals surface area contributed by atoms with E-state index in [1.54, 1.807) is 23.0 Å². The standard InChI is InChI=1S/C17H14FN3O/c18-15-8-4-7-14(11-15)17(22)20-16-9-10-19-21(16)12-13-5-2-1-3-6-13/h1-11H,12H2,(H,20,22). The number of rotatable bonds is 4. The highest BCUT2D eigenvalue weighted by Crippen LogP contribution is 2.12. The van der Waals surface area contributed by atoms with Gasteiger partial charge in [0.1, 0.15) is 11.6 Å². The molecule has 5 heteroatoms. The van der Waals surface area contributed by atoms with Gasteiger partial charge in [0, 0.05) is 11.6 Å². The van der Waals surface area contributed by atoms with E-state index in [2.05, 4.69) is 10.4 Å². The Hall–Kier alpha value is -2.95. The first-order valence-electron chi connectivity index (χ1n) is 6.85. The van der Waals surface area contributed by atoms with E-state index < -0.39 is 5.82 Å². The van der Waals surface area contributed by atoms with Crippen molar-refractivity contribution >= 4 is 11.7 Å². The van der Waals surface area contributed by atoms with Crippen LogP contribution in [0, 0.1) is 5.82 Å². The Bertz CT molecular complexity index is 783. The summed E-state index contributed by atoms with van der Waals surface area (Å²) in [5.74, 6) is -0.238. The van der Waals surface area contributed by atoms with Gasteiger partial charge in [0.25, 0.3) is 5.91 Å². The van der Waals surface area contributed by atoms with Gasteiger partial charge in [-0.3, -0.25) is 4.79 Å². The molecule has 0 radical (unpaired) electrons. The van der Waals surface area contributed by atoms with E-state index >= 15 is 0 Å². The molecule has 2 aromatic carbocycles. The van der Waals surface area contributed by atoms with Crippen molar-refractivity contribution in [3.8, 4) is 0 Å². The zero-order chi connectivity index (χ0) is 15.4. The lowest BCUT2D eigenvalue weighted by Crippen LogP contribution is -2.16. The van der Waals surface area contributed by atoms with Crippen LogP contribution in [0.25, 0.3) is 0 Å². The summed E-state index contributed by atoms with van der Waals surface area (Å²) < 4.78 is 14.9. The largest absolute Gasteiger partial charge is 0.307 e. The molecule has 1 aromatic heterocycles. The van der Waals surface area contributed by atoms with E-state index in [4.69, 9.17) is 0 Å². The molecular weight excluding hydrogens is 281 g/mol. The van der Waals surface area contributed by atoms with Crippen molar-refractivity contribution in [2.24, 2.45) is 0 Å². The monoisotopic (exact) mass is 295 g/mol. The summed E-state index contributed by atoms with van der Waals surface area (Å²) in [6.07, 6.45) is 1.62. The Labute approximate surface area is 127 Å². The molecule has 0 spiro atoms. The van der Waals surface area contributed by atoms with Crippen LogP contribution < -0.4 is 5.32 Å². The third-order valence-electron chi connectivity index (χ3n) is 3.22. The topological polar surface area (TPSA) is 46.9 Å². The number of aromatic nitrogens is 2. The number of benzene rings is 2. The average molecular weight is 295 g/mol. The first-order valence-corrected chi connectivity index (χ1v) is 6.85. The summed E-state index contributed by atoms with van der Waals surface area (Å²) >= 11 is 0. The summed E-state index contributed by atoms with van der Waals surface area (Å²) in [7, 11) is 0. The smallest absolute Gasteiger partial charge is 0.256 e. The van der Waals surface area contributed by atoms with E-state index in [-0.39, 0.29) is 11.5 Å². The number of amides is 1. The number of anilines is 1. The number of hydrogen-bond acceptors (Lipinski definition) is 2. The number of nitrogens with zero attached hydrogens (tertiary/aromatic N) is 2. The summed E-state index contributed by atoms with van der Waals surface area (Å²) in [6.45, 7) is 0.548. The van der Waals surface area contributed by atoms with Crippen LogP contribution in [-0.2, 0) is 6.54 Å². The van der Waals surface area contributed by atoms with Crippen LogP contribution in [0.5, 0.6) is 0 Å². The number of carbonyl (C=O) groups is 1. The predicted octanol–water partition coefficient (Wildman–Crippen LogP) is 3.32. The second-order valence-electron chi connectivity index (χ2n) is 4.82. The van der Waals surface area contributed by atoms with Gasteiger partial charge in [-0.15, -0.1) is 0 Å². The van der Waals surface area contributed by atoms with Crippen molar-refractivity contribution in [1.29, 1.82) is 0 Å². The highest BCUT2D eigenvalue weighted by atomic mass is 19.1. The Kier molecular flexibility index (Phi) is 3.96. The van der Waals surface area contributed by atoms with E-state index in [0.717, 1.165) is 5.56 Å². The SMILES string of the molecule is O=C(Nc1ccnn1Cc1ccccc1)c1cccc(F)c1. The molecule has 0 aliphatic carbocycles. The zero-order valence-electron chi connectivity index (χ0n) is 11.7. The molecule has 0 bridgehead atoms. The normalized spacial score (nSPS) is 10.4. The van der Waals surface area contributed by atoms with Crippen molar-refractivity contribution in [2.45, 2.75) is 6.54 Å². The molecule has 0 unspecified atom stereocenters. The Balaban J connectivity index is 1.76.